The molecule has 2 aromatic rings. The van der Waals surface area contributed by atoms with Crippen LogP contribution in [0.1, 0.15) is 5.69 Å². The van der Waals surface area contributed by atoms with Gasteiger partial charge in [0.1, 0.15) is 5.75 Å². The van der Waals surface area contributed by atoms with Gasteiger partial charge < -0.3 is 15.4 Å². The second kappa shape index (κ2) is 7.50. The van der Waals surface area contributed by atoms with Crippen molar-refractivity contribution < 1.29 is 13.5 Å². The molecule has 0 saturated carbocycles. The lowest BCUT2D eigenvalue weighted by Crippen LogP contribution is -2.29. The van der Waals surface area contributed by atoms with E-state index in [1.807, 2.05) is 7.05 Å². The van der Waals surface area contributed by atoms with Gasteiger partial charge in [0.15, 0.2) is 5.11 Å². The van der Waals surface area contributed by atoms with Gasteiger partial charge in [-0.1, -0.05) is 12.1 Å². The SMILES string of the molecule is Cn1ncc(Br)c1CNC(=S)Nc1ccccc1OC(F)F. The normalized spacial score (nSPS) is 10.6. The Hall–Kier alpha value is -1.74. The number of thiocarbonyl (C=S) groups is 1. The molecule has 0 spiro atoms. The van der Waals surface area contributed by atoms with Crippen LogP contribution in [0.15, 0.2) is 34.9 Å². The van der Waals surface area contributed by atoms with Crippen LogP contribution >= 0.6 is 28.1 Å². The van der Waals surface area contributed by atoms with E-state index in [1.165, 1.54) is 6.07 Å². The smallest absolute Gasteiger partial charge is 0.387 e. The molecule has 0 amide bonds. The van der Waals surface area contributed by atoms with Crippen molar-refractivity contribution in [1.29, 1.82) is 0 Å². The van der Waals surface area contributed by atoms with Crippen LogP contribution in [0.5, 0.6) is 5.75 Å². The third kappa shape index (κ3) is 4.38. The minimum Gasteiger partial charge on any atom is -0.433 e. The van der Waals surface area contributed by atoms with Crippen molar-refractivity contribution in [2.24, 2.45) is 7.05 Å². The molecule has 0 saturated heterocycles. The van der Waals surface area contributed by atoms with Crippen LogP contribution in [0.4, 0.5) is 14.5 Å². The molecule has 0 radical (unpaired) electrons. The predicted octanol–water partition coefficient (Wildman–Crippen LogP) is 3.27. The average molecular weight is 391 g/mol. The second-order valence-corrected chi connectivity index (χ2v) is 5.51. The van der Waals surface area contributed by atoms with E-state index in [0.29, 0.717) is 17.3 Å². The number of hydrogen-bond acceptors (Lipinski definition) is 3. The first-order valence-electron chi connectivity index (χ1n) is 6.22. The minimum absolute atomic E-state index is 0.0309. The second-order valence-electron chi connectivity index (χ2n) is 4.25. The molecule has 1 heterocycles. The summed E-state index contributed by atoms with van der Waals surface area (Å²) in [5.41, 5.74) is 1.27. The van der Waals surface area contributed by atoms with Crippen LogP contribution in [-0.4, -0.2) is 21.5 Å². The van der Waals surface area contributed by atoms with E-state index in [1.54, 1.807) is 29.1 Å². The van der Waals surface area contributed by atoms with Crippen molar-refractivity contribution in [2.75, 3.05) is 5.32 Å². The van der Waals surface area contributed by atoms with Crippen molar-refractivity contribution in [2.45, 2.75) is 13.2 Å². The molecule has 0 fully saturated rings. The quantitative estimate of drug-likeness (QED) is 0.767. The molecule has 0 bridgehead atoms. The maximum atomic E-state index is 12.3. The molecule has 22 heavy (non-hydrogen) atoms. The Kier molecular flexibility index (Phi) is 5.67. The van der Waals surface area contributed by atoms with Crippen LogP contribution in [0.25, 0.3) is 0 Å². The predicted molar refractivity (Wildman–Crippen MR) is 87.0 cm³/mol. The molecular weight excluding hydrogens is 378 g/mol. The van der Waals surface area contributed by atoms with E-state index < -0.39 is 6.61 Å². The lowest BCUT2D eigenvalue weighted by Gasteiger charge is -2.14. The van der Waals surface area contributed by atoms with E-state index in [2.05, 4.69) is 36.4 Å². The average Bonchev–Trinajstić information content (AvgIpc) is 2.77. The van der Waals surface area contributed by atoms with Gasteiger partial charge in [0.2, 0.25) is 0 Å². The Morgan fingerprint density at radius 1 is 1.45 bits per heavy atom. The van der Waals surface area contributed by atoms with Crippen molar-refractivity contribution in [3.63, 3.8) is 0 Å². The van der Waals surface area contributed by atoms with Gasteiger partial charge in [-0.25, -0.2) is 0 Å². The molecule has 0 unspecified atom stereocenters. The Balaban J connectivity index is 1.98. The monoisotopic (exact) mass is 390 g/mol. The summed E-state index contributed by atoms with van der Waals surface area (Å²) in [4.78, 5) is 0. The lowest BCUT2D eigenvalue weighted by atomic mass is 10.3. The molecule has 0 aliphatic rings. The van der Waals surface area contributed by atoms with Crippen molar-refractivity contribution >= 4 is 38.9 Å². The largest absolute Gasteiger partial charge is 0.433 e. The fourth-order valence-electron chi connectivity index (χ4n) is 1.73. The molecule has 5 nitrogen and oxygen atoms in total. The zero-order valence-corrected chi connectivity index (χ0v) is 13.9. The van der Waals surface area contributed by atoms with Gasteiger partial charge in [-0.05, 0) is 40.3 Å². The van der Waals surface area contributed by atoms with Gasteiger partial charge in [-0.2, -0.15) is 13.9 Å². The first-order valence-corrected chi connectivity index (χ1v) is 7.42. The summed E-state index contributed by atoms with van der Waals surface area (Å²) in [6.07, 6.45) is 1.68. The third-order valence-electron chi connectivity index (χ3n) is 2.78. The number of nitrogens with one attached hydrogen (secondary N) is 2. The summed E-state index contributed by atoms with van der Waals surface area (Å²) in [6.45, 7) is -2.46. The number of aromatic nitrogens is 2. The highest BCUT2D eigenvalue weighted by molar-refractivity contribution is 9.10. The summed E-state index contributed by atoms with van der Waals surface area (Å²) < 4.78 is 31.7. The summed E-state index contributed by atoms with van der Waals surface area (Å²) >= 11 is 8.54. The highest BCUT2D eigenvalue weighted by atomic mass is 79.9. The molecular formula is C13H13BrF2N4OS. The fraction of sp³-hybridized carbons (Fsp3) is 0.231. The van der Waals surface area contributed by atoms with Crippen molar-refractivity contribution in [1.82, 2.24) is 15.1 Å². The highest BCUT2D eigenvalue weighted by Gasteiger charge is 2.11. The Labute approximate surface area is 139 Å². The topological polar surface area (TPSA) is 51.1 Å². The molecule has 2 N–H and O–H groups in total. The first-order chi connectivity index (χ1) is 10.5. The maximum absolute atomic E-state index is 12.3. The third-order valence-corrected chi connectivity index (χ3v) is 3.69. The zero-order valence-electron chi connectivity index (χ0n) is 11.5. The number of ether oxygens (including phenoxy) is 1. The molecule has 1 aromatic carbocycles. The Bertz CT molecular complexity index is 646. The number of benzene rings is 1. The molecule has 0 aliphatic heterocycles. The zero-order chi connectivity index (χ0) is 16.1. The number of alkyl halides is 2. The summed E-state index contributed by atoms with van der Waals surface area (Å²) in [7, 11) is 1.81. The number of halogens is 3. The lowest BCUT2D eigenvalue weighted by molar-refractivity contribution is -0.0493. The van der Waals surface area contributed by atoms with Gasteiger partial charge in [-0.15, -0.1) is 0 Å². The molecule has 0 aliphatic carbocycles. The van der Waals surface area contributed by atoms with E-state index >= 15 is 0 Å². The highest BCUT2D eigenvalue weighted by Crippen LogP contribution is 2.25. The summed E-state index contributed by atoms with van der Waals surface area (Å²) in [5.74, 6) is 0.0309. The fourth-order valence-corrected chi connectivity index (χ4v) is 2.40. The Morgan fingerprint density at radius 2 is 2.18 bits per heavy atom. The molecule has 1 aromatic heterocycles. The van der Waals surface area contributed by atoms with Gasteiger partial charge in [0.05, 0.1) is 28.6 Å². The number of anilines is 1. The van der Waals surface area contributed by atoms with Crippen LogP contribution in [-0.2, 0) is 13.6 Å². The molecule has 118 valence electrons. The molecule has 2 rings (SSSR count). The summed E-state index contributed by atoms with van der Waals surface area (Å²) in [6, 6.07) is 6.34. The van der Waals surface area contributed by atoms with E-state index in [0.717, 1.165) is 10.2 Å². The van der Waals surface area contributed by atoms with E-state index in [4.69, 9.17) is 12.2 Å². The van der Waals surface area contributed by atoms with Gasteiger partial charge >= 0.3 is 6.61 Å². The Morgan fingerprint density at radius 3 is 2.82 bits per heavy atom. The number of para-hydroxylation sites is 2. The first kappa shape index (κ1) is 16.6. The van der Waals surface area contributed by atoms with Crippen LogP contribution in [0, 0.1) is 0 Å². The number of nitrogens with zero attached hydrogens (tertiary/aromatic N) is 2. The number of hydrogen-bond donors (Lipinski definition) is 2. The minimum atomic E-state index is -2.89. The number of rotatable bonds is 5. The van der Waals surface area contributed by atoms with Crippen LogP contribution in [0.2, 0.25) is 0 Å². The van der Waals surface area contributed by atoms with Gasteiger partial charge in [0.25, 0.3) is 0 Å². The van der Waals surface area contributed by atoms with Crippen molar-refractivity contribution in [3.8, 4) is 5.75 Å². The molecule has 9 heteroatoms. The number of aryl methyl sites for hydroxylation is 1. The van der Waals surface area contributed by atoms with Crippen LogP contribution < -0.4 is 15.4 Å². The summed E-state index contributed by atoms with van der Waals surface area (Å²) in [5, 5.41) is 10.2. The molecule has 0 atom stereocenters. The van der Waals surface area contributed by atoms with Crippen LogP contribution in [0.3, 0.4) is 0 Å². The van der Waals surface area contributed by atoms with E-state index in [-0.39, 0.29) is 5.75 Å². The van der Waals surface area contributed by atoms with E-state index in [9.17, 15) is 8.78 Å². The van der Waals surface area contributed by atoms with Gasteiger partial charge in [0, 0.05) is 7.05 Å². The van der Waals surface area contributed by atoms with Crippen molar-refractivity contribution in [3.05, 3.63) is 40.6 Å². The van der Waals surface area contributed by atoms with Gasteiger partial charge in [-0.3, -0.25) is 4.68 Å². The maximum Gasteiger partial charge on any atom is 0.387 e. The standard InChI is InChI=1S/C13H13BrF2N4OS/c1-20-10(8(14)6-18-20)7-17-13(22)19-9-4-2-3-5-11(9)21-12(15)16/h2-6,12H,7H2,1H3,(H2,17,19,22).